The molecular weight excluding hydrogens is 346 g/mol. The molecule has 0 bridgehead atoms. The van der Waals surface area contributed by atoms with E-state index in [4.69, 9.17) is 4.42 Å². The molecule has 1 aliphatic heterocycles. The van der Waals surface area contributed by atoms with Crippen LogP contribution in [0.2, 0.25) is 0 Å². The van der Waals surface area contributed by atoms with Gasteiger partial charge in [-0.25, -0.2) is 0 Å². The summed E-state index contributed by atoms with van der Waals surface area (Å²) in [5.74, 6) is 1.54. The zero-order chi connectivity index (χ0) is 19.0. The first kappa shape index (κ1) is 17.9. The van der Waals surface area contributed by atoms with Gasteiger partial charge in [0.05, 0.1) is 23.6 Å². The minimum atomic E-state index is -0.782. The summed E-state index contributed by atoms with van der Waals surface area (Å²) in [5, 5.41) is 27.7. The fourth-order valence-corrected chi connectivity index (χ4v) is 3.38. The van der Waals surface area contributed by atoms with Crippen LogP contribution in [-0.2, 0) is 26.7 Å². The fourth-order valence-electron chi connectivity index (χ4n) is 3.38. The first-order valence-electron chi connectivity index (χ1n) is 9.28. The van der Waals surface area contributed by atoms with Crippen molar-refractivity contribution in [1.29, 1.82) is 0 Å². The highest BCUT2D eigenvalue weighted by molar-refractivity contribution is 5.21. The van der Waals surface area contributed by atoms with Gasteiger partial charge < -0.3 is 9.52 Å². The van der Waals surface area contributed by atoms with Gasteiger partial charge in [0.2, 0.25) is 11.8 Å². The van der Waals surface area contributed by atoms with E-state index in [1.165, 1.54) is 0 Å². The quantitative estimate of drug-likeness (QED) is 0.727. The smallest absolute Gasteiger partial charge is 0.230 e. The van der Waals surface area contributed by atoms with Crippen LogP contribution in [0.25, 0.3) is 0 Å². The maximum absolute atomic E-state index is 10.7. The van der Waals surface area contributed by atoms with Crippen LogP contribution >= 0.6 is 0 Å². The van der Waals surface area contributed by atoms with Crippen LogP contribution in [0.5, 0.6) is 0 Å². The number of fused-ring (bicyclic) bond motifs is 1. The number of aliphatic hydroxyl groups excluding tert-OH is 1. The van der Waals surface area contributed by atoms with Crippen molar-refractivity contribution < 1.29 is 9.52 Å². The van der Waals surface area contributed by atoms with E-state index in [2.05, 4.69) is 25.3 Å². The monoisotopic (exact) mass is 371 g/mol. The molecule has 0 unspecified atom stereocenters. The van der Waals surface area contributed by atoms with E-state index >= 15 is 0 Å². The summed E-state index contributed by atoms with van der Waals surface area (Å²) in [6.45, 7) is 7.18. The van der Waals surface area contributed by atoms with Gasteiger partial charge in [-0.15, -0.1) is 10.2 Å². The third-order valence-electron chi connectivity index (χ3n) is 4.87. The number of rotatable bonds is 5. The molecule has 0 amide bonds. The molecule has 1 aliphatic rings. The van der Waals surface area contributed by atoms with Crippen LogP contribution in [0, 0.1) is 0 Å². The highest BCUT2D eigenvalue weighted by Crippen LogP contribution is 2.24. The lowest BCUT2D eigenvalue weighted by molar-refractivity contribution is 0.203. The van der Waals surface area contributed by atoms with Crippen molar-refractivity contribution in [2.75, 3.05) is 6.54 Å². The van der Waals surface area contributed by atoms with E-state index in [1.54, 1.807) is 10.9 Å². The van der Waals surface area contributed by atoms with Crippen molar-refractivity contribution in [1.82, 2.24) is 34.7 Å². The average Bonchev–Trinajstić information content (AvgIpc) is 3.33. The molecule has 4 heterocycles. The molecule has 4 rings (SSSR count). The van der Waals surface area contributed by atoms with Crippen LogP contribution in [0.15, 0.2) is 22.7 Å². The fraction of sp³-hybridized carbons (Fsp3) is 0.556. The maximum atomic E-state index is 10.7. The standard InChI is InChI=1S/C18H25N7O2/c1-12(2)18-21-20-16(27-18)11-24-7-4-8-25-13(10-24)9-14(22-25)17(26)15-5-6-19-23(15)3/h5-6,9,12,17,26H,4,7-8,10-11H2,1-3H3/t17-/m0/s1. The molecule has 9 heteroatoms. The third kappa shape index (κ3) is 3.65. The zero-order valence-corrected chi connectivity index (χ0v) is 15.9. The van der Waals surface area contributed by atoms with Crippen molar-refractivity contribution in [3.05, 3.63) is 47.2 Å². The van der Waals surface area contributed by atoms with E-state index in [1.807, 2.05) is 37.7 Å². The first-order chi connectivity index (χ1) is 13.0. The molecule has 0 spiro atoms. The van der Waals surface area contributed by atoms with Crippen LogP contribution in [-0.4, -0.2) is 46.3 Å². The molecule has 144 valence electrons. The second-order valence-corrected chi connectivity index (χ2v) is 7.32. The van der Waals surface area contributed by atoms with Gasteiger partial charge in [-0.2, -0.15) is 10.2 Å². The Balaban J connectivity index is 1.50. The van der Waals surface area contributed by atoms with Crippen molar-refractivity contribution in [2.45, 2.75) is 51.9 Å². The van der Waals surface area contributed by atoms with Gasteiger partial charge >= 0.3 is 0 Å². The number of aryl methyl sites for hydroxylation is 2. The molecule has 1 N–H and O–H groups in total. The summed E-state index contributed by atoms with van der Waals surface area (Å²) in [7, 11) is 1.82. The van der Waals surface area contributed by atoms with Crippen molar-refractivity contribution in [3.63, 3.8) is 0 Å². The highest BCUT2D eigenvalue weighted by atomic mass is 16.4. The predicted molar refractivity (Wildman–Crippen MR) is 96.6 cm³/mol. The molecule has 0 aliphatic carbocycles. The largest absolute Gasteiger partial charge is 0.424 e. The normalized spacial score (nSPS) is 16.5. The molecule has 27 heavy (non-hydrogen) atoms. The molecule has 3 aromatic rings. The third-order valence-corrected chi connectivity index (χ3v) is 4.87. The van der Waals surface area contributed by atoms with Gasteiger partial charge in [0.25, 0.3) is 0 Å². The maximum Gasteiger partial charge on any atom is 0.230 e. The molecule has 3 aromatic heterocycles. The van der Waals surface area contributed by atoms with Crippen LogP contribution < -0.4 is 0 Å². The number of aliphatic hydroxyl groups is 1. The Labute approximate surface area is 157 Å². The Hall–Kier alpha value is -2.52. The topological polar surface area (TPSA) is 98.0 Å². The Kier molecular flexibility index (Phi) is 4.79. The minimum absolute atomic E-state index is 0.230. The summed E-state index contributed by atoms with van der Waals surface area (Å²) >= 11 is 0. The Morgan fingerprint density at radius 1 is 1.26 bits per heavy atom. The van der Waals surface area contributed by atoms with Gasteiger partial charge in [-0.05, 0) is 18.6 Å². The molecule has 0 fully saturated rings. The van der Waals surface area contributed by atoms with Crippen LogP contribution in [0.4, 0.5) is 0 Å². The van der Waals surface area contributed by atoms with E-state index in [0.29, 0.717) is 24.0 Å². The van der Waals surface area contributed by atoms with Gasteiger partial charge in [-0.1, -0.05) is 13.8 Å². The molecular formula is C18H25N7O2. The lowest BCUT2D eigenvalue weighted by Crippen LogP contribution is -2.23. The Bertz CT molecular complexity index is 911. The highest BCUT2D eigenvalue weighted by Gasteiger charge is 2.23. The molecule has 0 saturated carbocycles. The Morgan fingerprint density at radius 3 is 2.81 bits per heavy atom. The zero-order valence-electron chi connectivity index (χ0n) is 15.9. The summed E-state index contributed by atoms with van der Waals surface area (Å²) in [6.07, 6.45) is 1.87. The number of aromatic nitrogens is 6. The van der Waals surface area contributed by atoms with Crippen molar-refractivity contribution >= 4 is 0 Å². The summed E-state index contributed by atoms with van der Waals surface area (Å²) < 4.78 is 9.40. The van der Waals surface area contributed by atoms with Gasteiger partial charge in [0, 0.05) is 38.8 Å². The van der Waals surface area contributed by atoms with Gasteiger partial charge in [-0.3, -0.25) is 14.3 Å². The van der Waals surface area contributed by atoms with E-state index < -0.39 is 6.10 Å². The number of nitrogens with zero attached hydrogens (tertiary/aromatic N) is 7. The predicted octanol–water partition coefficient (Wildman–Crippen LogP) is 1.61. The summed E-state index contributed by atoms with van der Waals surface area (Å²) in [6, 6.07) is 3.78. The lowest BCUT2D eigenvalue weighted by atomic mass is 10.2. The molecule has 1 atom stereocenters. The van der Waals surface area contributed by atoms with Crippen molar-refractivity contribution in [2.24, 2.45) is 7.05 Å². The van der Waals surface area contributed by atoms with Gasteiger partial charge in [0.1, 0.15) is 6.10 Å². The Morgan fingerprint density at radius 2 is 2.11 bits per heavy atom. The van der Waals surface area contributed by atoms with E-state index in [9.17, 15) is 5.11 Å². The first-order valence-corrected chi connectivity index (χ1v) is 9.28. The average molecular weight is 371 g/mol. The van der Waals surface area contributed by atoms with Crippen LogP contribution in [0.1, 0.15) is 61.2 Å². The van der Waals surface area contributed by atoms with E-state index in [-0.39, 0.29) is 5.92 Å². The minimum Gasteiger partial charge on any atom is -0.424 e. The molecule has 9 nitrogen and oxygen atoms in total. The molecule has 0 aromatic carbocycles. The molecule has 0 radical (unpaired) electrons. The number of hydrogen-bond acceptors (Lipinski definition) is 7. The van der Waals surface area contributed by atoms with Crippen molar-refractivity contribution in [3.8, 4) is 0 Å². The second-order valence-electron chi connectivity index (χ2n) is 7.32. The molecule has 0 saturated heterocycles. The van der Waals surface area contributed by atoms with Crippen LogP contribution in [0.3, 0.4) is 0 Å². The summed E-state index contributed by atoms with van der Waals surface area (Å²) in [5.41, 5.74) is 2.45. The van der Waals surface area contributed by atoms with E-state index in [0.717, 1.165) is 37.4 Å². The summed E-state index contributed by atoms with van der Waals surface area (Å²) in [4.78, 5) is 2.28. The lowest BCUT2D eigenvalue weighted by Gasteiger charge is -2.16. The second kappa shape index (κ2) is 7.24. The van der Waals surface area contributed by atoms with Gasteiger partial charge in [0.15, 0.2) is 0 Å². The number of hydrogen-bond donors (Lipinski definition) is 1. The SMILES string of the molecule is CC(C)c1nnc(CN2CCCn3nc([C@H](O)c4ccnn4C)cc3C2)o1.